The van der Waals surface area contributed by atoms with Gasteiger partial charge < -0.3 is 15.4 Å². The maximum atomic E-state index is 5.51. The predicted molar refractivity (Wildman–Crippen MR) is 70.9 cm³/mol. The van der Waals surface area contributed by atoms with Crippen molar-refractivity contribution in [1.82, 2.24) is 10.6 Å². The van der Waals surface area contributed by atoms with E-state index in [4.69, 9.17) is 4.74 Å². The van der Waals surface area contributed by atoms with Crippen molar-refractivity contribution >= 4 is 0 Å². The Morgan fingerprint density at radius 1 is 1.00 bits per heavy atom. The first-order valence-corrected chi connectivity index (χ1v) is 6.45. The van der Waals surface area contributed by atoms with E-state index in [2.05, 4.69) is 45.3 Å². The minimum atomic E-state index is 0.218. The van der Waals surface area contributed by atoms with Crippen LogP contribution in [0.2, 0.25) is 0 Å². The molecule has 0 spiro atoms. The fourth-order valence-corrected chi connectivity index (χ4v) is 1.22. The van der Waals surface area contributed by atoms with E-state index < -0.39 is 0 Å². The van der Waals surface area contributed by atoms with E-state index in [1.165, 1.54) is 0 Å². The summed E-state index contributed by atoms with van der Waals surface area (Å²) >= 11 is 0. The van der Waals surface area contributed by atoms with Crippen LogP contribution in [0.25, 0.3) is 0 Å². The van der Waals surface area contributed by atoms with Crippen molar-refractivity contribution < 1.29 is 4.74 Å². The molecule has 0 bridgehead atoms. The van der Waals surface area contributed by atoms with E-state index in [0.717, 1.165) is 45.2 Å². The molecule has 3 nitrogen and oxygen atoms in total. The summed E-state index contributed by atoms with van der Waals surface area (Å²) in [6.07, 6.45) is 1.16. The van der Waals surface area contributed by atoms with Gasteiger partial charge in [0.25, 0.3) is 0 Å². The van der Waals surface area contributed by atoms with Gasteiger partial charge in [0.05, 0.1) is 6.61 Å². The van der Waals surface area contributed by atoms with Crippen LogP contribution in [-0.4, -0.2) is 38.4 Å². The Labute approximate surface area is 101 Å². The van der Waals surface area contributed by atoms with Crippen LogP contribution in [0.3, 0.4) is 0 Å². The monoisotopic (exact) mass is 230 g/mol. The lowest BCUT2D eigenvalue weighted by Crippen LogP contribution is -2.40. The first-order chi connectivity index (χ1) is 7.42. The number of nitrogens with one attached hydrogen (secondary N) is 2. The number of ether oxygens (including phenoxy) is 1. The normalized spacial score (nSPS) is 12.4. The van der Waals surface area contributed by atoms with Crippen LogP contribution in [-0.2, 0) is 4.74 Å². The molecule has 0 amide bonds. The third-order valence-electron chi connectivity index (χ3n) is 2.22. The fraction of sp³-hybridized carbons (Fsp3) is 1.00. The van der Waals surface area contributed by atoms with Crippen LogP contribution < -0.4 is 10.6 Å². The lowest BCUT2D eigenvalue weighted by atomic mass is 10.1. The molecule has 0 saturated heterocycles. The van der Waals surface area contributed by atoms with Crippen molar-refractivity contribution in [3.63, 3.8) is 0 Å². The van der Waals surface area contributed by atoms with Crippen molar-refractivity contribution in [3.8, 4) is 0 Å². The van der Waals surface area contributed by atoms with E-state index in [1.54, 1.807) is 0 Å². The van der Waals surface area contributed by atoms with Crippen LogP contribution >= 0.6 is 0 Å². The first-order valence-electron chi connectivity index (χ1n) is 6.45. The standard InChI is InChI=1S/C13H30N2O/c1-12(2)6-10-16-11-9-14-7-8-15-13(3,4)5/h12,14-15H,6-11H2,1-5H3. The highest BCUT2D eigenvalue weighted by Crippen LogP contribution is 1.98. The third-order valence-corrected chi connectivity index (χ3v) is 2.22. The highest BCUT2D eigenvalue weighted by atomic mass is 16.5. The van der Waals surface area contributed by atoms with Crippen molar-refractivity contribution in [3.05, 3.63) is 0 Å². The lowest BCUT2D eigenvalue weighted by Gasteiger charge is -2.20. The molecule has 2 N–H and O–H groups in total. The van der Waals surface area contributed by atoms with Gasteiger partial charge in [-0.05, 0) is 33.1 Å². The second-order valence-electron chi connectivity index (χ2n) is 5.72. The Kier molecular flexibility index (Phi) is 8.90. The van der Waals surface area contributed by atoms with E-state index >= 15 is 0 Å². The molecule has 0 aliphatic heterocycles. The summed E-state index contributed by atoms with van der Waals surface area (Å²) in [5.74, 6) is 0.740. The van der Waals surface area contributed by atoms with Gasteiger partial charge in [0.1, 0.15) is 0 Å². The van der Waals surface area contributed by atoms with Crippen molar-refractivity contribution in [2.45, 2.75) is 46.6 Å². The van der Waals surface area contributed by atoms with Gasteiger partial charge in [0.2, 0.25) is 0 Å². The highest BCUT2D eigenvalue weighted by Gasteiger charge is 2.06. The summed E-state index contributed by atoms with van der Waals surface area (Å²) in [4.78, 5) is 0. The van der Waals surface area contributed by atoms with Gasteiger partial charge in [-0.25, -0.2) is 0 Å². The molecular weight excluding hydrogens is 200 g/mol. The molecule has 0 fully saturated rings. The Morgan fingerprint density at radius 3 is 2.25 bits per heavy atom. The molecule has 98 valence electrons. The molecule has 0 aliphatic carbocycles. The lowest BCUT2D eigenvalue weighted by molar-refractivity contribution is 0.125. The SMILES string of the molecule is CC(C)CCOCCNCCNC(C)(C)C. The summed E-state index contributed by atoms with van der Waals surface area (Å²) in [7, 11) is 0. The molecule has 0 aromatic carbocycles. The van der Waals surface area contributed by atoms with Gasteiger partial charge in [-0.3, -0.25) is 0 Å². The zero-order chi connectivity index (χ0) is 12.4. The Hall–Kier alpha value is -0.120. The van der Waals surface area contributed by atoms with E-state index in [0.29, 0.717) is 0 Å². The second-order valence-corrected chi connectivity index (χ2v) is 5.72. The molecule has 0 saturated carbocycles. The van der Waals surface area contributed by atoms with Crippen LogP contribution in [0.5, 0.6) is 0 Å². The van der Waals surface area contributed by atoms with E-state index in [-0.39, 0.29) is 5.54 Å². The zero-order valence-electron chi connectivity index (χ0n) is 11.7. The van der Waals surface area contributed by atoms with Gasteiger partial charge in [-0.15, -0.1) is 0 Å². The van der Waals surface area contributed by atoms with Crippen molar-refractivity contribution in [2.75, 3.05) is 32.8 Å². The molecule has 0 aliphatic rings. The second kappa shape index (κ2) is 8.97. The minimum Gasteiger partial charge on any atom is -0.380 e. The average Bonchev–Trinajstić information content (AvgIpc) is 2.13. The maximum Gasteiger partial charge on any atom is 0.0590 e. The van der Waals surface area contributed by atoms with Crippen LogP contribution in [0.4, 0.5) is 0 Å². The van der Waals surface area contributed by atoms with Gasteiger partial charge in [-0.1, -0.05) is 13.8 Å². The van der Waals surface area contributed by atoms with E-state index in [1.807, 2.05) is 0 Å². The first kappa shape index (κ1) is 15.9. The molecule has 16 heavy (non-hydrogen) atoms. The number of hydrogen-bond donors (Lipinski definition) is 2. The molecule has 0 heterocycles. The van der Waals surface area contributed by atoms with Crippen LogP contribution in [0.15, 0.2) is 0 Å². The molecule has 0 unspecified atom stereocenters. The summed E-state index contributed by atoms with van der Waals surface area (Å²) in [6, 6.07) is 0. The topological polar surface area (TPSA) is 33.3 Å². The van der Waals surface area contributed by atoms with Gasteiger partial charge in [0, 0.05) is 31.8 Å². The van der Waals surface area contributed by atoms with Crippen molar-refractivity contribution in [1.29, 1.82) is 0 Å². The number of hydrogen-bond acceptors (Lipinski definition) is 3. The molecule has 0 aromatic rings. The Bertz CT molecular complexity index is 153. The van der Waals surface area contributed by atoms with Gasteiger partial charge >= 0.3 is 0 Å². The summed E-state index contributed by atoms with van der Waals surface area (Å²) in [5.41, 5.74) is 0.218. The molecule has 3 heteroatoms. The molecule has 0 radical (unpaired) electrons. The zero-order valence-corrected chi connectivity index (χ0v) is 11.7. The van der Waals surface area contributed by atoms with Crippen LogP contribution in [0, 0.1) is 5.92 Å². The molecule has 0 rings (SSSR count). The minimum absolute atomic E-state index is 0.218. The number of rotatable bonds is 9. The summed E-state index contributed by atoms with van der Waals surface area (Å²) in [6.45, 7) is 15.7. The summed E-state index contributed by atoms with van der Waals surface area (Å²) < 4.78 is 5.51. The molecular formula is C13H30N2O. The highest BCUT2D eigenvalue weighted by molar-refractivity contribution is 4.70. The van der Waals surface area contributed by atoms with Crippen molar-refractivity contribution in [2.24, 2.45) is 5.92 Å². The summed E-state index contributed by atoms with van der Waals surface area (Å²) in [5, 5.41) is 6.79. The maximum absolute atomic E-state index is 5.51. The smallest absolute Gasteiger partial charge is 0.0590 e. The Morgan fingerprint density at radius 2 is 1.69 bits per heavy atom. The van der Waals surface area contributed by atoms with Gasteiger partial charge in [0.15, 0.2) is 0 Å². The quantitative estimate of drug-likeness (QED) is 0.595. The molecule has 0 aromatic heterocycles. The predicted octanol–water partition coefficient (Wildman–Crippen LogP) is 2.03. The third kappa shape index (κ3) is 13.9. The largest absolute Gasteiger partial charge is 0.380 e. The van der Waals surface area contributed by atoms with E-state index in [9.17, 15) is 0 Å². The van der Waals surface area contributed by atoms with Crippen LogP contribution in [0.1, 0.15) is 41.0 Å². The average molecular weight is 230 g/mol. The van der Waals surface area contributed by atoms with Gasteiger partial charge in [-0.2, -0.15) is 0 Å². The Balaban J connectivity index is 3.05. The fourth-order valence-electron chi connectivity index (χ4n) is 1.22. The molecule has 0 atom stereocenters.